The Hall–Kier alpha value is -5.29. The summed E-state index contributed by atoms with van der Waals surface area (Å²) in [5, 5.41) is 38.7. The van der Waals surface area contributed by atoms with Crippen LogP contribution in [0.1, 0.15) is 24.5 Å². The monoisotopic (exact) mass is 628 g/mol. The fourth-order valence-corrected chi connectivity index (χ4v) is 4.87. The van der Waals surface area contributed by atoms with Crippen molar-refractivity contribution < 1.29 is 43.6 Å². The van der Waals surface area contributed by atoms with Crippen LogP contribution in [-0.4, -0.2) is 62.9 Å². The Kier molecular flexibility index (Phi) is 10.6. The van der Waals surface area contributed by atoms with Gasteiger partial charge < -0.3 is 43.0 Å². The van der Waals surface area contributed by atoms with E-state index in [1.54, 1.807) is 18.2 Å². The maximum absolute atomic E-state index is 12.9. The van der Waals surface area contributed by atoms with Gasteiger partial charge in [-0.3, -0.25) is 14.4 Å². The molecule has 0 unspecified atom stereocenters. The van der Waals surface area contributed by atoms with Gasteiger partial charge in [0.15, 0.2) is 5.78 Å². The molecule has 0 aliphatic heterocycles. The number of aromatic nitrogens is 2. The molecule has 0 saturated heterocycles. The lowest BCUT2D eigenvalue weighted by molar-refractivity contribution is -0.139. The molecule has 0 aliphatic carbocycles. The molecule has 4 aromatic rings. The third-order valence-corrected chi connectivity index (χ3v) is 7.34. The quantitative estimate of drug-likeness (QED) is 0.124. The number of nitrogens with zero attached hydrogens (tertiary/aromatic N) is 1. The van der Waals surface area contributed by atoms with E-state index < -0.39 is 45.9 Å². The number of primary sulfonamides is 1. The molecule has 1 amide bonds. The SMILES string of the molecule is C=C(N)c1ccc2nc(-c3cc(CC(=O)N[C@H](CC(=O)O)C(C)=O)cc(-c4cc(S(N)(=O)=O)ccc4O)c3O)[nH]c2c1.N.O. The van der Waals surface area contributed by atoms with E-state index >= 15 is 0 Å². The Labute approximate surface area is 251 Å². The second-order valence-electron chi connectivity index (χ2n) is 9.61. The molecule has 0 bridgehead atoms. The summed E-state index contributed by atoms with van der Waals surface area (Å²) in [5.41, 5.74) is 8.01. The van der Waals surface area contributed by atoms with Crippen LogP contribution < -0.4 is 22.3 Å². The third-order valence-electron chi connectivity index (χ3n) is 6.43. The van der Waals surface area contributed by atoms with Crippen molar-refractivity contribution in [3.8, 4) is 34.0 Å². The largest absolute Gasteiger partial charge is 0.507 e. The number of nitrogens with two attached hydrogens (primary N) is 2. The van der Waals surface area contributed by atoms with Crippen molar-refractivity contribution in [3.05, 3.63) is 66.2 Å². The van der Waals surface area contributed by atoms with E-state index in [1.165, 1.54) is 12.1 Å². The minimum Gasteiger partial charge on any atom is -0.507 e. The third kappa shape index (κ3) is 7.56. The first kappa shape index (κ1) is 34.9. The minimum atomic E-state index is -4.19. The molecule has 234 valence electrons. The van der Waals surface area contributed by atoms with Gasteiger partial charge in [-0.25, -0.2) is 18.5 Å². The van der Waals surface area contributed by atoms with E-state index in [-0.39, 0.29) is 56.8 Å². The van der Waals surface area contributed by atoms with E-state index in [0.717, 1.165) is 25.1 Å². The molecule has 3 aromatic carbocycles. The fourth-order valence-electron chi connectivity index (χ4n) is 4.33. The average molecular weight is 629 g/mol. The number of imidazole rings is 1. The number of rotatable bonds is 10. The molecule has 0 radical (unpaired) electrons. The van der Waals surface area contributed by atoms with Gasteiger partial charge in [-0.1, -0.05) is 12.6 Å². The van der Waals surface area contributed by atoms with Crippen LogP contribution in [0, 0.1) is 0 Å². The first-order valence-corrected chi connectivity index (χ1v) is 13.9. The molecule has 0 fully saturated rings. The van der Waals surface area contributed by atoms with Gasteiger partial charge in [0, 0.05) is 16.8 Å². The van der Waals surface area contributed by atoms with Crippen LogP contribution in [0.2, 0.25) is 0 Å². The zero-order valence-corrected chi connectivity index (χ0v) is 24.2. The number of aromatic amines is 1. The van der Waals surface area contributed by atoms with Crippen LogP contribution in [0.3, 0.4) is 0 Å². The van der Waals surface area contributed by atoms with Crippen LogP contribution in [0.25, 0.3) is 39.2 Å². The molecule has 0 aliphatic rings. The number of benzene rings is 3. The van der Waals surface area contributed by atoms with E-state index in [0.29, 0.717) is 22.3 Å². The number of fused-ring (bicyclic) bond motifs is 1. The number of carbonyl (C=O) groups excluding carboxylic acids is 2. The summed E-state index contributed by atoms with van der Waals surface area (Å²) in [6, 6.07) is 9.89. The van der Waals surface area contributed by atoms with Crippen LogP contribution in [0.5, 0.6) is 11.5 Å². The number of amides is 1. The molecule has 1 atom stereocenters. The number of aliphatic carboxylic acids is 1. The topological polar surface area (TPSA) is 305 Å². The van der Waals surface area contributed by atoms with Crippen molar-refractivity contribution in [2.75, 3.05) is 0 Å². The normalized spacial score (nSPS) is 11.6. The predicted molar refractivity (Wildman–Crippen MR) is 162 cm³/mol. The zero-order valence-electron chi connectivity index (χ0n) is 23.4. The maximum Gasteiger partial charge on any atom is 0.305 e. The molecule has 15 nitrogen and oxygen atoms in total. The number of carbonyl (C=O) groups is 3. The molecule has 16 heteroatoms. The highest BCUT2D eigenvalue weighted by atomic mass is 32.2. The number of sulfonamides is 1. The summed E-state index contributed by atoms with van der Waals surface area (Å²) >= 11 is 0. The zero-order chi connectivity index (χ0) is 30.9. The van der Waals surface area contributed by atoms with Crippen LogP contribution in [0.4, 0.5) is 0 Å². The molecule has 4 rings (SSSR count). The summed E-state index contributed by atoms with van der Waals surface area (Å²) in [6.45, 7) is 4.86. The van der Waals surface area contributed by atoms with Crippen molar-refractivity contribution in [1.82, 2.24) is 21.4 Å². The van der Waals surface area contributed by atoms with Crippen molar-refractivity contribution in [2.45, 2.75) is 30.7 Å². The molecule has 0 saturated carbocycles. The number of aromatic hydroxyl groups is 2. The average Bonchev–Trinajstić information content (AvgIpc) is 3.32. The molecular weight excluding hydrogens is 596 g/mol. The van der Waals surface area contributed by atoms with Gasteiger partial charge in [0.2, 0.25) is 15.9 Å². The number of phenols is 2. The van der Waals surface area contributed by atoms with Gasteiger partial charge in [-0.05, 0) is 60.5 Å². The van der Waals surface area contributed by atoms with Crippen molar-refractivity contribution >= 4 is 44.4 Å². The van der Waals surface area contributed by atoms with Crippen LogP contribution >= 0.6 is 0 Å². The number of ketones is 1. The van der Waals surface area contributed by atoms with Gasteiger partial charge in [0.05, 0.1) is 40.4 Å². The smallest absolute Gasteiger partial charge is 0.305 e. The molecule has 14 N–H and O–H groups in total. The lowest BCUT2D eigenvalue weighted by Crippen LogP contribution is -2.41. The Morgan fingerprint density at radius 3 is 2.30 bits per heavy atom. The Morgan fingerprint density at radius 1 is 1.05 bits per heavy atom. The number of phenolic OH excluding ortho intramolecular Hbond substituents is 2. The van der Waals surface area contributed by atoms with E-state index in [2.05, 4.69) is 21.9 Å². The summed E-state index contributed by atoms with van der Waals surface area (Å²) < 4.78 is 24.0. The van der Waals surface area contributed by atoms with Gasteiger partial charge in [-0.2, -0.15) is 0 Å². The minimum absolute atomic E-state index is 0. The van der Waals surface area contributed by atoms with Crippen LogP contribution in [0.15, 0.2) is 60.0 Å². The highest BCUT2D eigenvalue weighted by Crippen LogP contribution is 2.42. The van der Waals surface area contributed by atoms with Gasteiger partial charge in [0.25, 0.3) is 0 Å². The summed E-state index contributed by atoms with van der Waals surface area (Å²) in [6.07, 6.45) is -0.992. The summed E-state index contributed by atoms with van der Waals surface area (Å²) in [7, 11) is -4.19. The van der Waals surface area contributed by atoms with Gasteiger partial charge >= 0.3 is 5.97 Å². The Bertz CT molecular complexity index is 1890. The second-order valence-corrected chi connectivity index (χ2v) is 11.2. The maximum atomic E-state index is 12.9. The summed E-state index contributed by atoms with van der Waals surface area (Å²) in [4.78, 5) is 43.1. The first-order chi connectivity index (χ1) is 19.6. The number of hydrogen-bond donors (Lipinski definition) is 8. The highest BCUT2D eigenvalue weighted by Gasteiger charge is 2.23. The van der Waals surface area contributed by atoms with Gasteiger partial charge in [0.1, 0.15) is 17.3 Å². The number of hydrogen-bond acceptors (Lipinski definition) is 10. The predicted octanol–water partition coefficient (Wildman–Crippen LogP) is 1.31. The van der Waals surface area contributed by atoms with Crippen molar-refractivity contribution in [2.24, 2.45) is 10.9 Å². The Morgan fingerprint density at radius 2 is 1.70 bits per heavy atom. The van der Waals surface area contributed by atoms with Gasteiger partial charge in [-0.15, -0.1) is 0 Å². The lowest BCUT2D eigenvalue weighted by atomic mass is 9.95. The second kappa shape index (κ2) is 13.3. The molecule has 44 heavy (non-hydrogen) atoms. The summed E-state index contributed by atoms with van der Waals surface area (Å²) in [5.74, 6) is -3.15. The van der Waals surface area contributed by atoms with E-state index in [9.17, 15) is 33.0 Å². The van der Waals surface area contributed by atoms with Crippen molar-refractivity contribution in [1.29, 1.82) is 0 Å². The first-order valence-electron chi connectivity index (χ1n) is 12.3. The van der Waals surface area contributed by atoms with E-state index in [4.69, 9.17) is 16.0 Å². The molecule has 0 spiro atoms. The number of carboxylic acid groups (broad SMARTS) is 1. The number of Topliss-reactive ketones (excluding diaryl/α,β-unsaturated/α-hetero) is 1. The Balaban J connectivity index is 0.00000337. The molecule has 1 aromatic heterocycles. The van der Waals surface area contributed by atoms with E-state index in [1.807, 2.05) is 0 Å². The number of H-pyrrole nitrogens is 1. The number of nitrogens with one attached hydrogen (secondary N) is 2. The lowest BCUT2D eigenvalue weighted by Gasteiger charge is -2.16. The van der Waals surface area contributed by atoms with Crippen molar-refractivity contribution in [3.63, 3.8) is 0 Å². The number of carboxylic acids is 1. The fraction of sp³-hybridized carbons (Fsp3) is 0.143. The highest BCUT2D eigenvalue weighted by molar-refractivity contribution is 7.89. The standard InChI is InChI=1S/C28H27N5O8S.H3N.H2O/c1-13(29)16-3-5-21-23(10-16)33-28(32-21)20-8-15(9-25(36)31-22(14(2)34)12-26(37)38)7-19(27(20)39)18-11-17(42(30,40)41)4-6-24(18)35;;/h3-8,10-11,22,35,39H,1,9,12,29H2,2H3,(H,31,36)(H,32,33)(H,37,38)(H2,30,40,41);1H3;1H2/t22-;;/m1../s1. The van der Waals surface area contributed by atoms with Crippen LogP contribution in [-0.2, 0) is 30.8 Å². The molecule has 1 heterocycles. The molecular formula is C28H32N6O9S.